The Kier molecular flexibility index (Phi) is 6.70. The molecule has 0 spiro atoms. The highest BCUT2D eigenvalue weighted by Crippen LogP contribution is 2.32. The van der Waals surface area contributed by atoms with Gasteiger partial charge in [0.25, 0.3) is 5.56 Å². The predicted octanol–water partition coefficient (Wildman–Crippen LogP) is 7.75. The molecule has 0 saturated heterocycles. The lowest BCUT2D eigenvalue weighted by atomic mass is 9.88. The van der Waals surface area contributed by atoms with Crippen molar-refractivity contribution in [2.24, 2.45) is 5.10 Å². The van der Waals surface area contributed by atoms with Crippen molar-refractivity contribution in [3.05, 3.63) is 110 Å². The summed E-state index contributed by atoms with van der Waals surface area (Å²) < 4.78 is 4.56. The predicted molar refractivity (Wildman–Crippen MR) is 155 cm³/mol. The molecule has 6 rings (SSSR count). The smallest absolute Gasteiger partial charge is 0.282 e. The summed E-state index contributed by atoms with van der Waals surface area (Å²) in [5.41, 5.74) is 3.66. The zero-order valence-corrected chi connectivity index (χ0v) is 22.6. The Bertz CT molecular complexity index is 1700. The van der Waals surface area contributed by atoms with Crippen LogP contribution in [0.25, 0.3) is 21.8 Å². The number of rotatable bonds is 5. The molecule has 0 atom stereocenters. The zero-order chi connectivity index (χ0) is 25.4. The molecular formula is C30H26BrClN4O. The Balaban J connectivity index is 1.46. The third-order valence-electron chi connectivity index (χ3n) is 7.23. The Hall–Kier alpha value is -3.22. The van der Waals surface area contributed by atoms with Gasteiger partial charge in [0.15, 0.2) is 0 Å². The van der Waals surface area contributed by atoms with Crippen LogP contribution in [0.1, 0.15) is 55.0 Å². The first-order chi connectivity index (χ1) is 18.1. The molecular weight excluding hydrogens is 548 g/mol. The van der Waals surface area contributed by atoms with Crippen LogP contribution in [0.4, 0.5) is 0 Å². The molecule has 0 N–H and O–H groups in total. The van der Waals surface area contributed by atoms with Crippen molar-refractivity contribution >= 4 is 55.6 Å². The van der Waals surface area contributed by atoms with E-state index in [1.807, 2.05) is 54.6 Å². The second-order valence-corrected chi connectivity index (χ2v) is 11.0. The number of aromatic nitrogens is 3. The maximum atomic E-state index is 13.7. The molecule has 0 unspecified atom stereocenters. The SMILES string of the molecule is O=c1c2cc(Br)ccc2nc(C2CCCCC2)n1N=Cc1cn(Cc2ccccc2Cl)c2ccccc12. The van der Waals surface area contributed by atoms with E-state index in [2.05, 4.69) is 38.8 Å². The van der Waals surface area contributed by atoms with E-state index in [0.717, 1.165) is 68.5 Å². The Morgan fingerprint density at radius 3 is 2.62 bits per heavy atom. The van der Waals surface area contributed by atoms with E-state index in [-0.39, 0.29) is 11.5 Å². The minimum absolute atomic E-state index is 0.136. The van der Waals surface area contributed by atoms with E-state index >= 15 is 0 Å². The second-order valence-electron chi connectivity index (χ2n) is 9.65. The lowest BCUT2D eigenvalue weighted by Gasteiger charge is -2.22. The number of benzene rings is 3. The van der Waals surface area contributed by atoms with Gasteiger partial charge in [-0.15, -0.1) is 0 Å². The first-order valence-corrected chi connectivity index (χ1v) is 13.8. The minimum Gasteiger partial charge on any atom is -0.342 e. The molecule has 1 saturated carbocycles. The Morgan fingerprint density at radius 1 is 1.00 bits per heavy atom. The topological polar surface area (TPSA) is 52.2 Å². The number of fused-ring (bicyclic) bond motifs is 2. The molecule has 1 fully saturated rings. The van der Waals surface area contributed by atoms with E-state index in [4.69, 9.17) is 21.7 Å². The molecule has 3 aromatic carbocycles. The van der Waals surface area contributed by atoms with Crippen LogP contribution in [0.15, 0.2) is 87.3 Å². The first kappa shape index (κ1) is 24.1. The molecule has 37 heavy (non-hydrogen) atoms. The zero-order valence-electron chi connectivity index (χ0n) is 20.3. The van der Waals surface area contributed by atoms with E-state index in [1.54, 1.807) is 6.21 Å². The van der Waals surface area contributed by atoms with Crippen LogP contribution < -0.4 is 5.56 Å². The average Bonchev–Trinajstić information content (AvgIpc) is 3.27. The molecule has 2 heterocycles. The third kappa shape index (κ3) is 4.76. The number of nitrogens with zero attached hydrogens (tertiary/aromatic N) is 4. The fraction of sp³-hybridized carbons (Fsp3) is 0.233. The molecule has 0 amide bonds. The van der Waals surface area contributed by atoms with Gasteiger partial charge in [-0.25, -0.2) is 4.98 Å². The number of hydrogen-bond acceptors (Lipinski definition) is 3. The maximum absolute atomic E-state index is 13.7. The minimum atomic E-state index is -0.136. The lowest BCUT2D eigenvalue weighted by Crippen LogP contribution is -2.25. The van der Waals surface area contributed by atoms with Gasteiger partial charge in [-0.2, -0.15) is 9.78 Å². The van der Waals surface area contributed by atoms with Gasteiger partial charge in [0.2, 0.25) is 0 Å². The summed E-state index contributed by atoms with van der Waals surface area (Å²) in [6, 6.07) is 21.8. The van der Waals surface area contributed by atoms with E-state index in [1.165, 1.54) is 11.1 Å². The van der Waals surface area contributed by atoms with Gasteiger partial charge in [0, 0.05) is 44.6 Å². The summed E-state index contributed by atoms with van der Waals surface area (Å²) in [5, 5.41) is 7.16. The largest absolute Gasteiger partial charge is 0.342 e. The summed E-state index contributed by atoms with van der Waals surface area (Å²) in [6.07, 6.45) is 9.46. The van der Waals surface area contributed by atoms with Crippen molar-refractivity contribution in [2.75, 3.05) is 0 Å². The van der Waals surface area contributed by atoms with Gasteiger partial charge in [-0.3, -0.25) is 4.79 Å². The van der Waals surface area contributed by atoms with Crippen LogP contribution in [0.3, 0.4) is 0 Å². The van der Waals surface area contributed by atoms with Gasteiger partial charge in [0.1, 0.15) is 5.82 Å². The molecule has 5 nitrogen and oxygen atoms in total. The van der Waals surface area contributed by atoms with Gasteiger partial charge in [0.05, 0.1) is 17.1 Å². The summed E-state index contributed by atoms with van der Waals surface area (Å²) in [6.45, 7) is 0.646. The van der Waals surface area contributed by atoms with E-state index in [9.17, 15) is 4.79 Å². The third-order valence-corrected chi connectivity index (χ3v) is 8.10. The summed E-state index contributed by atoms with van der Waals surface area (Å²) in [4.78, 5) is 18.6. The van der Waals surface area contributed by atoms with Crippen LogP contribution in [0.2, 0.25) is 5.02 Å². The van der Waals surface area contributed by atoms with Crippen molar-refractivity contribution in [1.82, 2.24) is 14.2 Å². The van der Waals surface area contributed by atoms with Crippen molar-refractivity contribution in [3.8, 4) is 0 Å². The fourth-order valence-corrected chi connectivity index (χ4v) is 5.90. The molecule has 1 aliphatic rings. The number of halogens is 2. The molecule has 5 aromatic rings. The molecule has 1 aliphatic carbocycles. The van der Waals surface area contributed by atoms with Crippen molar-refractivity contribution < 1.29 is 0 Å². The number of hydrogen-bond donors (Lipinski definition) is 0. The van der Waals surface area contributed by atoms with Crippen LogP contribution >= 0.6 is 27.5 Å². The summed E-state index contributed by atoms with van der Waals surface area (Å²) in [5.74, 6) is 0.990. The van der Waals surface area contributed by atoms with Crippen LogP contribution in [-0.2, 0) is 6.54 Å². The summed E-state index contributed by atoms with van der Waals surface area (Å²) in [7, 11) is 0. The molecule has 0 bridgehead atoms. The van der Waals surface area contributed by atoms with Gasteiger partial charge in [-0.1, -0.05) is 83.2 Å². The van der Waals surface area contributed by atoms with E-state index in [0.29, 0.717) is 11.9 Å². The maximum Gasteiger partial charge on any atom is 0.282 e. The van der Waals surface area contributed by atoms with Crippen LogP contribution in [0.5, 0.6) is 0 Å². The highest BCUT2D eigenvalue weighted by atomic mass is 79.9. The lowest BCUT2D eigenvalue weighted by molar-refractivity contribution is 0.416. The van der Waals surface area contributed by atoms with Crippen molar-refractivity contribution in [3.63, 3.8) is 0 Å². The quantitative estimate of drug-likeness (QED) is 0.202. The first-order valence-electron chi connectivity index (χ1n) is 12.7. The van der Waals surface area contributed by atoms with Crippen LogP contribution in [-0.4, -0.2) is 20.4 Å². The second kappa shape index (κ2) is 10.3. The van der Waals surface area contributed by atoms with Gasteiger partial charge in [-0.05, 0) is 48.7 Å². The highest BCUT2D eigenvalue weighted by Gasteiger charge is 2.22. The van der Waals surface area contributed by atoms with Gasteiger partial charge >= 0.3 is 0 Å². The van der Waals surface area contributed by atoms with E-state index < -0.39 is 0 Å². The van der Waals surface area contributed by atoms with Crippen LogP contribution in [0, 0.1) is 0 Å². The van der Waals surface area contributed by atoms with Crippen molar-refractivity contribution in [1.29, 1.82) is 0 Å². The van der Waals surface area contributed by atoms with Crippen molar-refractivity contribution in [2.45, 2.75) is 44.6 Å². The molecule has 186 valence electrons. The molecule has 0 radical (unpaired) electrons. The molecule has 7 heteroatoms. The normalized spacial score (nSPS) is 14.8. The number of para-hydroxylation sites is 1. The van der Waals surface area contributed by atoms with Gasteiger partial charge < -0.3 is 4.57 Å². The monoisotopic (exact) mass is 572 g/mol. The fourth-order valence-electron chi connectivity index (χ4n) is 5.34. The molecule has 2 aromatic heterocycles. The summed E-state index contributed by atoms with van der Waals surface area (Å²) >= 11 is 9.95. The molecule has 0 aliphatic heterocycles. The average molecular weight is 574 g/mol. The highest BCUT2D eigenvalue weighted by molar-refractivity contribution is 9.10. The standard InChI is InChI=1S/C30H26BrClN4O/c31-23-14-15-27-25(16-23)30(37)36(29(34-27)20-8-2-1-3-9-20)33-17-22-19-35(28-13-7-5-11-24(22)28)18-21-10-4-6-12-26(21)32/h4-7,10-17,19-20H,1-3,8-9,18H2. The Morgan fingerprint density at radius 2 is 1.78 bits per heavy atom. The Labute approximate surface area is 228 Å².